The Bertz CT molecular complexity index is 625. The van der Waals surface area contributed by atoms with Crippen molar-refractivity contribution in [2.24, 2.45) is 5.92 Å². The molecule has 3 nitrogen and oxygen atoms in total. The van der Waals surface area contributed by atoms with Crippen molar-refractivity contribution in [2.75, 3.05) is 18.0 Å². The number of aliphatic hydroxyl groups is 1. The topological polar surface area (TPSA) is 36.4 Å². The molecule has 1 aromatic heterocycles. The number of anilines is 1. The molecular weight excluding hydrogens is 319 g/mol. The lowest BCUT2D eigenvalue weighted by Crippen LogP contribution is -2.35. The van der Waals surface area contributed by atoms with Gasteiger partial charge in [0.2, 0.25) is 0 Å². The number of aromatic nitrogens is 1. The first kappa shape index (κ1) is 15.6. The number of hydrogen-bond donors (Lipinski definition) is 1. The summed E-state index contributed by atoms with van der Waals surface area (Å²) in [6.07, 6.45) is 3.19. The maximum absolute atomic E-state index is 10.5. The Balaban J connectivity index is 1.62. The molecule has 1 N–H and O–H groups in total. The van der Waals surface area contributed by atoms with E-state index in [9.17, 15) is 5.11 Å². The van der Waals surface area contributed by atoms with Gasteiger partial charge in [0, 0.05) is 30.0 Å². The number of benzene rings is 1. The van der Waals surface area contributed by atoms with Crippen LogP contribution in [0.3, 0.4) is 0 Å². The first-order chi connectivity index (χ1) is 10.6. The van der Waals surface area contributed by atoms with E-state index < -0.39 is 6.10 Å². The number of rotatable bonds is 3. The smallest absolute Gasteiger partial charge is 0.131 e. The normalized spacial score (nSPS) is 17.5. The minimum Gasteiger partial charge on any atom is -0.388 e. The van der Waals surface area contributed by atoms with Crippen LogP contribution >= 0.6 is 23.2 Å². The molecule has 1 saturated heterocycles. The van der Waals surface area contributed by atoms with Crippen molar-refractivity contribution in [3.8, 4) is 0 Å². The molecule has 0 saturated carbocycles. The molecule has 1 aromatic carbocycles. The van der Waals surface area contributed by atoms with E-state index >= 15 is 0 Å². The fraction of sp³-hybridized carbons (Fsp3) is 0.353. The Hall–Kier alpha value is -1.29. The summed E-state index contributed by atoms with van der Waals surface area (Å²) >= 11 is 11.8. The Kier molecular flexibility index (Phi) is 4.87. The van der Waals surface area contributed by atoms with Crippen molar-refractivity contribution in [2.45, 2.75) is 18.9 Å². The van der Waals surface area contributed by atoms with E-state index in [0.717, 1.165) is 37.2 Å². The summed E-state index contributed by atoms with van der Waals surface area (Å²) in [5, 5.41) is 11.8. The fourth-order valence-electron chi connectivity index (χ4n) is 2.99. The van der Waals surface area contributed by atoms with Crippen LogP contribution in [0.2, 0.25) is 10.2 Å². The maximum atomic E-state index is 10.5. The number of pyridine rings is 1. The lowest BCUT2D eigenvalue weighted by atomic mass is 9.87. The Morgan fingerprint density at radius 2 is 1.77 bits per heavy atom. The second-order valence-corrected chi connectivity index (χ2v) is 6.48. The zero-order valence-corrected chi connectivity index (χ0v) is 13.6. The van der Waals surface area contributed by atoms with Crippen molar-refractivity contribution in [1.29, 1.82) is 0 Å². The van der Waals surface area contributed by atoms with Crippen molar-refractivity contribution in [3.05, 3.63) is 58.3 Å². The SMILES string of the molecule is OC(c1ccc(Cl)cc1)C1CCN(c2ccnc(Cl)c2)CC1. The lowest BCUT2D eigenvalue weighted by molar-refractivity contribution is 0.0930. The highest BCUT2D eigenvalue weighted by atomic mass is 35.5. The van der Waals surface area contributed by atoms with Crippen LogP contribution in [0, 0.1) is 5.92 Å². The van der Waals surface area contributed by atoms with Crippen LogP contribution in [0.25, 0.3) is 0 Å². The number of nitrogens with zero attached hydrogens (tertiary/aromatic N) is 2. The van der Waals surface area contributed by atoms with Gasteiger partial charge in [-0.15, -0.1) is 0 Å². The molecule has 1 unspecified atom stereocenters. The number of piperidine rings is 1. The molecule has 1 atom stereocenters. The van der Waals surface area contributed by atoms with Crippen LogP contribution in [0.15, 0.2) is 42.6 Å². The third-order valence-electron chi connectivity index (χ3n) is 4.27. The third kappa shape index (κ3) is 3.54. The van der Waals surface area contributed by atoms with Crippen LogP contribution in [-0.4, -0.2) is 23.2 Å². The van der Waals surface area contributed by atoms with E-state index in [0.29, 0.717) is 10.2 Å². The summed E-state index contributed by atoms with van der Waals surface area (Å²) in [5.74, 6) is 0.273. The van der Waals surface area contributed by atoms with Crippen molar-refractivity contribution in [1.82, 2.24) is 4.98 Å². The predicted octanol–water partition coefficient (Wildman–Crippen LogP) is 4.34. The van der Waals surface area contributed by atoms with Crippen LogP contribution in [0.4, 0.5) is 5.69 Å². The monoisotopic (exact) mass is 336 g/mol. The molecule has 22 heavy (non-hydrogen) atoms. The van der Waals surface area contributed by atoms with Crippen molar-refractivity contribution in [3.63, 3.8) is 0 Å². The van der Waals surface area contributed by atoms with Gasteiger partial charge in [-0.05, 0) is 48.6 Å². The minimum atomic E-state index is -0.430. The molecule has 0 bridgehead atoms. The number of hydrogen-bond acceptors (Lipinski definition) is 3. The van der Waals surface area contributed by atoms with Crippen molar-refractivity contribution < 1.29 is 5.11 Å². The summed E-state index contributed by atoms with van der Waals surface area (Å²) in [6, 6.07) is 11.3. The van der Waals surface area contributed by atoms with Gasteiger partial charge in [-0.2, -0.15) is 0 Å². The predicted molar refractivity (Wildman–Crippen MR) is 90.6 cm³/mol. The highest BCUT2D eigenvalue weighted by molar-refractivity contribution is 6.30. The molecule has 0 amide bonds. The van der Waals surface area contributed by atoms with Gasteiger partial charge < -0.3 is 10.0 Å². The molecule has 1 fully saturated rings. The summed E-state index contributed by atoms with van der Waals surface area (Å²) in [6.45, 7) is 1.82. The van der Waals surface area contributed by atoms with Crippen LogP contribution in [0.1, 0.15) is 24.5 Å². The van der Waals surface area contributed by atoms with E-state index in [4.69, 9.17) is 23.2 Å². The van der Waals surface area contributed by atoms with Crippen LogP contribution in [0.5, 0.6) is 0 Å². The zero-order valence-electron chi connectivity index (χ0n) is 12.1. The Morgan fingerprint density at radius 3 is 2.41 bits per heavy atom. The molecule has 1 aliphatic heterocycles. The first-order valence-electron chi connectivity index (χ1n) is 7.43. The number of aliphatic hydroxyl groups excluding tert-OH is 1. The molecular formula is C17H18Cl2N2O. The minimum absolute atomic E-state index is 0.273. The van der Waals surface area contributed by atoms with E-state index in [1.807, 2.05) is 36.4 Å². The maximum Gasteiger partial charge on any atom is 0.131 e. The van der Waals surface area contributed by atoms with Gasteiger partial charge in [0.1, 0.15) is 5.15 Å². The molecule has 3 rings (SSSR count). The molecule has 1 aliphatic rings. The lowest BCUT2D eigenvalue weighted by Gasteiger charge is -2.35. The zero-order chi connectivity index (χ0) is 15.5. The van der Waals surface area contributed by atoms with Gasteiger partial charge in [-0.1, -0.05) is 35.3 Å². The second-order valence-electron chi connectivity index (χ2n) is 5.66. The molecule has 116 valence electrons. The summed E-state index contributed by atoms with van der Waals surface area (Å²) in [7, 11) is 0. The van der Waals surface area contributed by atoms with Gasteiger partial charge in [-0.3, -0.25) is 0 Å². The van der Waals surface area contributed by atoms with Crippen molar-refractivity contribution >= 4 is 28.9 Å². The van der Waals surface area contributed by atoms with Crippen LogP contribution in [-0.2, 0) is 0 Å². The largest absolute Gasteiger partial charge is 0.388 e. The Morgan fingerprint density at radius 1 is 1.09 bits per heavy atom. The first-order valence-corrected chi connectivity index (χ1v) is 8.19. The van der Waals surface area contributed by atoms with Gasteiger partial charge in [0.15, 0.2) is 0 Å². The Labute approximate surface area is 140 Å². The fourth-order valence-corrected chi connectivity index (χ4v) is 3.29. The van der Waals surface area contributed by atoms with Gasteiger partial charge in [-0.25, -0.2) is 4.98 Å². The van der Waals surface area contributed by atoms with Gasteiger partial charge >= 0.3 is 0 Å². The summed E-state index contributed by atoms with van der Waals surface area (Å²) < 4.78 is 0. The molecule has 2 heterocycles. The molecule has 0 radical (unpaired) electrons. The average Bonchev–Trinajstić information content (AvgIpc) is 2.55. The molecule has 5 heteroatoms. The van der Waals surface area contributed by atoms with E-state index in [2.05, 4.69) is 9.88 Å². The van der Waals surface area contributed by atoms with E-state index in [-0.39, 0.29) is 5.92 Å². The van der Waals surface area contributed by atoms with E-state index in [1.165, 1.54) is 0 Å². The number of halogens is 2. The highest BCUT2D eigenvalue weighted by Gasteiger charge is 2.26. The second kappa shape index (κ2) is 6.86. The third-order valence-corrected chi connectivity index (χ3v) is 4.73. The standard InChI is InChI=1S/C17H18Cl2N2O/c18-14-3-1-12(2-4-14)17(22)13-6-9-21(10-7-13)15-5-8-20-16(19)11-15/h1-5,8,11,13,17,22H,6-7,9-10H2. The van der Waals surface area contributed by atoms with Gasteiger partial charge in [0.25, 0.3) is 0 Å². The quantitative estimate of drug-likeness (QED) is 0.847. The molecule has 0 aliphatic carbocycles. The average molecular weight is 337 g/mol. The molecule has 2 aromatic rings. The van der Waals surface area contributed by atoms with Gasteiger partial charge in [0.05, 0.1) is 6.10 Å². The highest BCUT2D eigenvalue weighted by Crippen LogP contribution is 2.33. The van der Waals surface area contributed by atoms with E-state index in [1.54, 1.807) is 6.20 Å². The summed E-state index contributed by atoms with van der Waals surface area (Å²) in [5.41, 5.74) is 2.04. The molecule has 0 spiro atoms. The summed E-state index contributed by atoms with van der Waals surface area (Å²) in [4.78, 5) is 6.30. The van der Waals surface area contributed by atoms with Crippen LogP contribution < -0.4 is 4.90 Å².